The van der Waals surface area contributed by atoms with Crippen LogP contribution in [0.25, 0.3) is 0 Å². The van der Waals surface area contributed by atoms with Crippen LogP contribution >= 0.6 is 11.6 Å². The van der Waals surface area contributed by atoms with Crippen molar-refractivity contribution in [2.45, 2.75) is 6.92 Å². The van der Waals surface area contributed by atoms with E-state index in [1.807, 2.05) is 0 Å². The molecule has 0 atom stereocenters. The maximum atomic E-state index is 13.3. The summed E-state index contributed by atoms with van der Waals surface area (Å²) in [6, 6.07) is 12.2. The molecular weight excluding hydrogens is 359 g/mol. The molecule has 0 saturated carbocycles. The Morgan fingerprint density at radius 2 is 1.58 bits per heavy atom. The van der Waals surface area contributed by atoms with Gasteiger partial charge in [0.1, 0.15) is 23.3 Å². The summed E-state index contributed by atoms with van der Waals surface area (Å²) in [5.74, 6) is 0.0658. The van der Waals surface area contributed by atoms with Gasteiger partial charge < -0.3 is 15.7 Å². The van der Waals surface area contributed by atoms with Crippen molar-refractivity contribution >= 4 is 40.6 Å². The average molecular weight is 373 g/mol. The zero-order valence-corrected chi connectivity index (χ0v) is 14.4. The van der Waals surface area contributed by atoms with Crippen LogP contribution in [0.4, 0.5) is 27.4 Å². The average Bonchev–Trinajstić information content (AvgIpc) is 2.58. The Morgan fingerprint density at radius 3 is 2.15 bits per heavy atom. The first-order chi connectivity index (χ1) is 12.4. The van der Waals surface area contributed by atoms with E-state index in [1.54, 1.807) is 31.2 Å². The van der Waals surface area contributed by atoms with E-state index in [9.17, 15) is 9.18 Å². The van der Waals surface area contributed by atoms with Gasteiger partial charge in [-0.05, 0) is 49.4 Å². The predicted molar refractivity (Wildman–Crippen MR) is 98.1 cm³/mol. The molecule has 1 heterocycles. The lowest BCUT2D eigenvalue weighted by atomic mass is 10.2. The number of benzene rings is 2. The lowest BCUT2D eigenvalue weighted by Gasteiger charge is -2.11. The van der Waals surface area contributed by atoms with Crippen molar-refractivity contribution in [2.24, 2.45) is 0 Å². The van der Waals surface area contributed by atoms with Crippen LogP contribution in [0.5, 0.6) is 0 Å². The number of anilines is 4. The largest absolute Gasteiger partial charge is 0.478 e. The topological polar surface area (TPSA) is 87.1 Å². The van der Waals surface area contributed by atoms with E-state index in [2.05, 4.69) is 20.6 Å². The number of halogens is 2. The number of aryl methyl sites for hydroxylation is 1. The Kier molecular flexibility index (Phi) is 4.99. The quantitative estimate of drug-likeness (QED) is 0.598. The zero-order valence-electron chi connectivity index (χ0n) is 13.6. The van der Waals surface area contributed by atoms with Crippen LogP contribution in [0.15, 0.2) is 48.5 Å². The second-order valence-electron chi connectivity index (χ2n) is 5.45. The number of aromatic nitrogens is 2. The maximum absolute atomic E-state index is 13.3. The van der Waals surface area contributed by atoms with Gasteiger partial charge in [0.2, 0.25) is 0 Å². The van der Waals surface area contributed by atoms with Crippen LogP contribution in [-0.4, -0.2) is 21.0 Å². The van der Waals surface area contributed by atoms with Gasteiger partial charge in [-0.1, -0.05) is 11.6 Å². The van der Waals surface area contributed by atoms with E-state index >= 15 is 0 Å². The SMILES string of the molecule is Cc1nc(Nc2ccc(C(=O)O)cc2)cc(Nc2ccc(F)c(Cl)c2)n1. The highest BCUT2D eigenvalue weighted by Gasteiger charge is 2.06. The van der Waals surface area contributed by atoms with Crippen molar-refractivity contribution in [3.05, 3.63) is 70.8 Å². The molecule has 0 fully saturated rings. The van der Waals surface area contributed by atoms with E-state index in [0.29, 0.717) is 28.8 Å². The molecule has 0 spiro atoms. The first kappa shape index (κ1) is 17.6. The molecule has 1 aromatic heterocycles. The summed E-state index contributed by atoms with van der Waals surface area (Å²) in [5, 5.41) is 15.1. The van der Waals surface area contributed by atoms with Gasteiger partial charge >= 0.3 is 5.97 Å². The molecule has 3 N–H and O–H groups in total. The third-order valence-electron chi connectivity index (χ3n) is 3.43. The molecule has 6 nitrogen and oxygen atoms in total. The number of hydrogen-bond acceptors (Lipinski definition) is 5. The van der Waals surface area contributed by atoms with Crippen LogP contribution in [0.3, 0.4) is 0 Å². The number of carboxylic acid groups (broad SMARTS) is 1. The Morgan fingerprint density at radius 1 is 1.00 bits per heavy atom. The lowest BCUT2D eigenvalue weighted by molar-refractivity contribution is 0.0697. The third-order valence-corrected chi connectivity index (χ3v) is 3.72. The van der Waals surface area contributed by atoms with E-state index < -0.39 is 11.8 Å². The maximum Gasteiger partial charge on any atom is 0.335 e. The second-order valence-corrected chi connectivity index (χ2v) is 5.85. The van der Waals surface area contributed by atoms with Crippen molar-refractivity contribution in [3.8, 4) is 0 Å². The second kappa shape index (κ2) is 7.37. The smallest absolute Gasteiger partial charge is 0.335 e. The fourth-order valence-electron chi connectivity index (χ4n) is 2.26. The van der Waals surface area contributed by atoms with Crippen LogP contribution in [0.1, 0.15) is 16.2 Å². The molecule has 132 valence electrons. The van der Waals surface area contributed by atoms with Crippen molar-refractivity contribution in [3.63, 3.8) is 0 Å². The summed E-state index contributed by atoms with van der Waals surface area (Å²) in [6.07, 6.45) is 0. The summed E-state index contributed by atoms with van der Waals surface area (Å²) in [4.78, 5) is 19.5. The van der Waals surface area contributed by atoms with E-state index in [-0.39, 0.29) is 10.6 Å². The monoisotopic (exact) mass is 372 g/mol. The van der Waals surface area contributed by atoms with Crippen molar-refractivity contribution in [2.75, 3.05) is 10.6 Å². The molecule has 0 unspecified atom stereocenters. The van der Waals surface area contributed by atoms with Gasteiger partial charge in [0, 0.05) is 17.4 Å². The molecule has 2 aromatic carbocycles. The molecular formula is C18H14ClFN4O2. The van der Waals surface area contributed by atoms with Gasteiger partial charge in [-0.15, -0.1) is 0 Å². The molecule has 0 bridgehead atoms. The molecule has 0 saturated heterocycles. The minimum absolute atomic E-state index is 0.0117. The zero-order chi connectivity index (χ0) is 18.7. The third kappa shape index (κ3) is 4.25. The number of hydrogen-bond donors (Lipinski definition) is 3. The molecule has 0 aliphatic heterocycles. The Hall–Kier alpha value is -3.19. The van der Waals surface area contributed by atoms with Crippen LogP contribution in [0.2, 0.25) is 5.02 Å². The predicted octanol–water partition coefficient (Wildman–Crippen LogP) is 4.76. The van der Waals surface area contributed by atoms with Gasteiger partial charge in [0.25, 0.3) is 0 Å². The van der Waals surface area contributed by atoms with Crippen LogP contribution < -0.4 is 10.6 Å². The first-order valence-corrected chi connectivity index (χ1v) is 7.96. The molecule has 3 rings (SSSR count). The van der Waals surface area contributed by atoms with Crippen LogP contribution in [0, 0.1) is 12.7 Å². The number of nitrogens with one attached hydrogen (secondary N) is 2. The van der Waals surface area contributed by atoms with Gasteiger partial charge in [0.15, 0.2) is 0 Å². The van der Waals surface area contributed by atoms with Gasteiger partial charge in [-0.3, -0.25) is 0 Å². The normalized spacial score (nSPS) is 10.4. The van der Waals surface area contributed by atoms with E-state index in [1.165, 1.54) is 24.3 Å². The van der Waals surface area contributed by atoms with Crippen LogP contribution in [-0.2, 0) is 0 Å². The van der Waals surface area contributed by atoms with Gasteiger partial charge in [-0.25, -0.2) is 19.2 Å². The Labute approximate surface area is 153 Å². The van der Waals surface area contributed by atoms with E-state index in [0.717, 1.165) is 0 Å². The molecule has 0 aliphatic carbocycles. The molecule has 0 aliphatic rings. The summed E-state index contributed by atoms with van der Waals surface area (Å²) in [6.45, 7) is 1.74. The first-order valence-electron chi connectivity index (χ1n) is 7.59. The highest BCUT2D eigenvalue weighted by atomic mass is 35.5. The molecule has 0 amide bonds. The number of carbonyl (C=O) groups is 1. The molecule has 3 aromatic rings. The lowest BCUT2D eigenvalue weighted by Crippen LogP contribution is -2.02. The van der Waals surface area contributed by atoms with Gasteiger partial charge in [0.05, 0.1) is 10.6 Å². The molecule has 8 heteroatoms. The van der Waals surface area contributed by atoms with Crippen molar-refractivity contribution in [1.29, 1.82) is 0 Å². The minimum atomic E-state index is -0.987. The summed E-state index contributed by atoms with van der Waals surface area (Å²) >= 11 is 5.78. The number of rotatable bonds is 5. The van der Waals surface area contributed by atoms with Crippen molar-refractivity contribution < 1.29 is 14.3 Å². The Bertz CT molecular complexity index is 964. The van der Waals surface area contributed by atoms with Crippen molar-refractivity contribution in [1.82, 2.24) is 9.97 Å². The standard InChI is InChI=1S/C18H14ClFN4O2/c1-10-21-16(23-12-4-2-11(3-5-12)18(25)26)9-17(22-10)24-13-6-7-15(20)14(19)8-13/h2-9H,1H3,(H,25,26)(H2,21,22,23,24). The molecule has 0 radical (unpaired) electrons. The summed E-state index contributed by atoms with van der Waals surface area (Å²) in [5.41, 5.74) is 1.47. The summed E-state index contributed by atoms with van der Waals surface area (Å²) in [7, 11) is 0. The Balaban J connectivity index is 1.80. The minimum Gasteiger partial charge on any atom is -0.478 e. The molecule has 26 heavy (non-hydrogen) atoms. The number of nitrogens with zero attached hydrogens (tertiary/aromatic N) is 2. The number of carboxylic acids is 1. The highest BCUT2D eigenvalue weighted by Crippen LogP contribution is 2.24. The summed E-state index contributed by atoms with van der Waals surface area (Å²) < 4.78 is 13.3. The highest BCUT2D eigenvalue weighted by molar-refractivity contribution is 6.31. The van der Waals surface area contributed by atoms with E-state index in [4.69, 9.17) is 16.7 Å². The fraction of sp³-hybridized carbons (Fsp3) is 0.0556. The fourth-order valence-corrected chi connectivity index (χ4v) is 2.44. The van der Waals surface area contributed by atoms with Gasteiger partial charge in [-0.2, -0.15) is 0 Å². The number of aromatic carboxylic acids is 1.